The standard InChI is InChI=1S/C25H31I2N3O2/c1-16(25-27-14-21-6-4-5-7-22(21)32-25)23-24(28)26-12-13-30(23)17(2)20-10-8-19(9-11-20)15-29-18(3)31/h4-7,12-13,19-20H,2,8-11,14-15,28H2,1,3H3,(H,29,31)/b23-16+. The molecule has 1 aromatic carbocycles. The fourth-order valence-corrected chi connectivity index (χ4v) is 8.85. The van der Waals surface area contributed by atoms with Crippen molar-refractivity contribution in [2.24, 2.45) is 17.6 Å². The maximum absolute atomic E-state index is 11.2. The molecule has 2 aliphatic heterocycles. The number of alkyl halides is 1. The molecular formula is C25H31I2N3O2. The lowest BCUT2D eigenvalue weighted by Crippen LogP contribution is -2.35. The van der Waals surface area contributed by atoms with Gasteiger partial charge in [0.15, 0.2) is 3.69 Å². The Hall–Kier alpha value is -1.33. The van der Waals surface area contributed by atoms with Gasteiger partial charge in [-0.05, 0) is 54.6 Å². The molecule has 7 heteroatoms. The van der Waals surface area contributed by atoms with E-state index in [2.05, 4.69) is 52.2 Å². The van der Waals surface area contributed by atoms with Crippen molar-refractivity contribution in [3.8, 4) is 5.75 Å². The monoisotopic (exact) mass is 659 g/mol. The summed E-state index contributed by atoms with van der Waals surface area (Å²) < 4.78 is 11.8. The Kier molecular flexibility index (Phi) is 7.99. The first kappa shape index (κ1) is 23.8. The average molecular weight is 659 g/mol. The van der Waals surface area contributed by atoms with E-state index in [9.17, 15) is 4.79 Å². The number of ether oxygens (including phenoxy) is 1. The first-order valence-corrected chi connectivity index (χ1v) is 15.9. The Morgan fingerprint density at radius 1 is 1.25 bits per heavy atom. The number of rotatable bonds is 5. The Morgan fingerprint density at radius 2 is 2.00 bits per heavy atom. The van der Waals surface area contributed by atoms with Crippen molar-refractivity contribution in [2.45, 2.75) is 44.0 Å². The van der Waals surface area contributed by atoms with Gasteiger partial charge in [0.25, 0.3) is 0 Å². The van der Waals surface area contributed by atoms with Crippen LogP contribution in [0.25, 0.3) is 0 Å². The molecule has 1 amide bonds. The third-order valence-corrected chi connectivity index (χ3v) is 11.1. The molecule has 3 N–H and O–H groups in total. The zero-order valence-corrected chi connectivity index (χ0v) is 23.0. The number of carbonyl (C=O) groups excluding carboxylic acids is 1. The summed E-state index contributed by atoms with van der Waals surface area (Å²) in [6.45, 7) is 9.06. The van der Waals surface area contributed by atoms with Crippen LogP contribution in [0.5, 0.6) is 5.75 Å². The van der Waals surface area contributed by atoms with E-state index in [1.165, 1.54) is 11.1 Å². The summed E-state index contributed by atoms with van der Waals surface area (Å²) in [6.07, 6.45) is 6.62. The number of nitrogens with one attached hydrogen (secondary N) is 1. The third-order valence-electron chi connectivity index (χ3n) is 6.27. The molecule has 5 nitrogen and oxygen atoms in total. The summed E-state index contributed by atoms with van der Waals surface area (Å²) in [7, 11) is 0. The number of amides is 1. The van der Waals surface area contributed by atoms with Gasteiger partial charge in [0.1, 0.15) is 5.75 Å². The second kappa shape index (κ2) is 10.7. The third kappa shape index (κ3) is 5.41. The number of hydrogen-bond acceptors (Lipinski definition) is 4. The largest absolute Gasteiger partial charge is 0.451 e. The number of hydrogen-bond donors (Lipinski definition) is 2. The van der Waals surface area contributed by atoms with Crippen LogP contribution in [0.2, 0.25) is 0 Å². The Labute approximate surface area is 210 Å². The van der Waals surface area contributed by atoms with Crippen LogP contribution in [0.15, 0.2) is 58.1 Å². The van der Waals surface area contributed by atoms with E-state index < -0.39 is 0 Å². The molecule has 2 heterocycles. The minimum atomic E-state index is -0.312. The van der Waals surface area contributed by atoms with Crippen molar-refractivity contribution in [1.29, 1.82) is 0 Å². The number of fused-ring (bicyclic) bond motifs is 1. The van der Waals surface area contributed by atoms with Crippen LogP contribution in [0.4, 0.5) is 0 Å². The molecule has 3 aliphatic rings. The van der Waals surface area contributed by atoms with Gasteiger partial charge in [0, 0.05) is 40.9 Å². The predicted molar refractivity (Wildman–Crippen MR) is 150 cm³/mol. The molecule has 0 unspecified atom stereocenters. The molecule has 0 aromatic heterocycles. The molecule has 1 aliphatic carbocycles. The second-order valence-corrected chi connectivity index (χ2v) is 13.5. The van der Waals surface area contributed by atoms with Gasteiger partial charge in [0.2, 0.25) is 5.91 Å². The maximum atomic E-state index is 11.2. The van der Waals surface area contributed by atoms with Gasteiger partial charge in [-0.15, -0.1) is 0 Å². The van der Waals surface area contributed by atoms with Crippen molar-refractivity contribution in [3.63, 3.8) is 0 Å². The van der Waals surface area contributed by atoms with E-state index >= 15 is 0 Å². The van der Waals surface area contributed by atoms with Crippen molar-refractivity contribution in [1.82, 2.24) is 10.2 Å². The highest BCUT2D eigenvalue weighted by molar-refractivity contribution is 14.2. The molecule has 0 bridgehead atoms. The molecular weight excluding hydrogens is 628 g/mol. The number of carbonyl (C=O) groups is 1. The predicted octanol–water partition coefficient (Wildman–Crippen LogP) is 5.26. The van der Waals surface area contributed by atoms with E-state index in [0.717, 1.165) is 61.1 Å². The van der Waals surface area contributed by atoms with Crippen LogP contribution in [0, 0.1) is 11.8 Å². The quantitative estimate of drug-likeness (QED) is 0.335. The molecule has 32 heavy (non-hydrogen) atoms. The number of allylic oxidation sites excluding steroid dienone is 1. The van der Waals surface area contributed by atoms with Gasteiger partial charge in [-0.25, -0.2) is 0 Å². The van der Waals surface area contributed by atoms with Crippen LogP contribution >= 0.6 is 41.5 Å². The van der Waals surface area contributed by atoms with Gasteiger partial charge in [-0.3, -0.25) is 10.5 Å². The summed E-state index contributed by atoms with van der Waals surface area (Å²) in [5.41, 5.74) is 11.3. The molecule has 0 saturated heterocycles. The smallest absolute Gasteiger partial charge is 0.216 e. The van der Waals surface area contributed by atoms with Crippen LogP contribution in [-0.4, -0.2) is 24.7 Å². The topological polar surface area (TPSA) is 67.6 Å². The van der Waals surface area contributed by atoms with Gasteiger partial charge in [-0.2, -0.15) is 0 Å². The molecule has 1 fully saturated rings. The van der Waals surface area contributed by atoms with Crippen LogP contribution in [-0.2, 0) is 9.22 Å². The molecule has 1 aromatic rings. The summed E-state index contributed by atoms with van der Waals surface area (Å²) in [4.78, 5) is 13.5. The Bertz CT molecular complexity index is 1030. The van der Waals surface area contributed by atoms with Crippen LogP contribution in [0.3, 0.4) is 0 Å². The lowest BCUT2D eigenvalue weighted by atomic mass is 9.80. The summed E-state index contributed by atoms with van der Waals surface area (Å²) in [6, 6.07) is 8.35. The lowest BCUT2D eigenvalue weighted by Gasteiger charge is -2.37. The van der Waals surface area contributed by atoms with E-state index in [1.807, 2.05) is 6.07 Å². The number of para-hydroxylation sites is 1. The highest BCUT2D eigenvalue weighted by atomic mass is 127. The van der Waals surface area contributed by atoms with Gasteiger partial charge in [-0.1, -0.05) is 66.2 Å². The van der Waals surface area contributed by atoms with Crippen LogP contribution in [0.1, 0.15) is 45.1 Å². The summed E-state index contributed by atoms with van der Waals surface area (Å²) in [5.74, 6) is 2.04. The zero-order valence-electron chi connectivity index (χ0n) is 18.7. The first-order valence-electron chi connectivity index (χ1n) is 11.0. The fraction of sp³-hybridized carbons (Fsp3) is 0.400. The fourth-order valence-electron chi connectivity index (χ4n) is 4.42. The Balaban J connectivity index is 1.50. The summed E-state index contributed by atoms with van der Waals surface area (Å²) >= 11 is -0.544. The number of nitrogens with two attached hydrogens (primary N) is 1. The van der Waals surface area contributed by atoms with Crippen molar-refractivity contribution < 1.29 is 9.53 Å². The van der Waals surface area contributed by atoms with Crippen molar-refractivity contribution in [2.75, 3.05) is 6.54 Å². The number of nitrogens with zero attached hydrogens (tertiary/aromatic N) is 1. The SMILES string of the molecule is C=C(C1CCC(CNC(C)=O)CC1)N1C=CI=C(N)/C1=C(/C)C1=ICc2ccccc2O1. The highest BCUT2D eigenvalue weighted by Crippen LogP contribution is 2.38. The molecule has 0 radical (unpaired) electrons. The van der Waals surface area contributed by atoms with Crippen molar-refractivity contribution in [3.05, 3.63) is 63.7 Å². The number of benzene rings is 1. The Morgan fingerprint density at radius 3 is 2.75 bits per heavy atom. The van der Waals surface area contributed by atoms with Gasteiger partial charge >= 0.3 is 0 Å². The van der Waals surface area contributed by atoms with Gasteiger partial charge in [0.05, 0.1) is 9.33 Å². The van der Waals surface area contributed by atoms with Gasteiger partial charge < -0.3 is 15.0 Å². The zero-order chi connectivity index (χ0) is 22.7. The maximum Gasteiger partial charge on any atom is 0.216 e. The highest BCUT2D eigenvalue weighted by Gasteiger charge is 2.29. The molecule has 1 saturated carbocycles. The molecule has 0 spiro atoms. The minimum Gasteiger partial charge on any atom is -0.451 e. The molecule has 172 valence electrons. The normalized spacial score (nSPS) is 24.5. The lowest BCUT2D eigenvalue weighted by molar-refractivity contribution is -0.119. The summed E-state index contributed by atoms with van der Waals surface area (Å²) in [5, 5.41) is 2.97. The second-order valence-electron chi connectivity index (χ2n) is 8.47. The number of halogens is 2. The van der Waals surface area contributed by atoms with E-state index in [0.29, 0.717) is 11.8 Å². The molecule has 0 atom stereocenters. The first-order chi connectivity index (χ1) is 15.4. The van der Waals surface area contributed by atoms with E-state index in [1.54, 1.807) is 6.92 Å². The average Bonchev–Trinajstić information content (AvgIpc) is 2.81. The van der Waals surface area contributed by atoms with E-state index in [4.69, 9.17) is 10.5 Å². The minimum absolute atomic E-state index is 0.0578. The van der Waals surface area contributed by atoms with Crippen LogP contribution < -0.4 is 15.8 Å². The van der Waals surface area contributed by atoms with Crippen molar-refractivity contribution >= 4 is 54.7 Å². The van der Waals surface area contributed by atoms with E-state index in [-0.39, 0.29) is 47.4 Å². The molecule has 4 rings (SSSR count).